The van der Waals surface area contributed by atoms with Crippen LogP contribution in [0.1, 0.15) is 34.6 Å². The normalized spacial score (nSPS) is 14.6. The first-order chi connectivity index (χ1) is 7.23. The van der Waals surface area contributed by atoms with E-state index in [1.807, 2.05) is 34.6 Å². The molecule has 0 bridgehead atoms. The summed E-state index contributed by atoms with van der Waals surface area (Å²) in [5, 5.41) is 13.4. The molecule has 0 amide bonds. The number of hydrogen-bond donors (Lipinski definition) is 2. The van der Waals surface area contributed by atoms with Gasteiger partial charge in [0.25, 0.3) is 0 Å². The fourth-order valence-corrected chi connectivity index (χ4v) is 1.74. The van der Waals surface area contributed by atoms with Gasteiger partial charge in [-0.15, -0.1) is 0 Å². The zero-order valence-electron chi connectivity index (χ0n) is 10.5. The van der Waals surface area contributed by atoms with Gasteiger partial charge in [0.1, 0.15) is 12.7 Å². The Morgan fingerprint density at radius 2 is 1.62 bits per heavy atom. The molecule has 1 heterocycles. The van der Waals surface area contributed by atoms with Gasteiger partial charge in [0.2, 0.25) is 5.95 Å². The lowest BCUT2D eigenvalue weighted by Crippen LogP contribution is -2.50. The van der Waals surface area contributed by atoms with E-state index in [2.05, 4.69) is 20.3 Å². The van der Waals surface area contributed by atoms with Gasteiger partial charge in [0.05, 0.1) is 11.6 Å². The van der Waals surface area contributed by atoms with Crippen molar-refractivity contribution >= 4 is 5.95 Å². The molecule has 16 heavy (non-hydrogen) atoms. The Labute approximate surface area is 96.4 Å². The van der Waals surface area contributed by atoms with Crippen molar-refractivity contribution in [1.29, 1.82) is 0 Å². The zero-order valence-corrected chi connectivity index (χ0v) is 10.5. The molecule has 0 fully saturated rings. The highest BCUT2D eigenvalue weighted by Crippen LogP contribution is 2.29. The molecule has 1 atom stereocenters. The van der Waals surface area contributed by atoms with Crippen LogP contribution in [0.4, 0.5) is 5.95 Å². The highest BCUT2D eigenvalue weighted by atomic mass is 16.3. The maximum atomic E-state index is 10.2. The monoisotopic (exact) mass is 224 g/mol. The van der Waals surface area contributed by atoms with Gasteiger partial charge in [-0.25, -0.2) is 15.0 Å². The molecule has 0 spiro atoms. The molecule has 1 aromatic rings. The fraction of sp³-hybridized carbons (Fsp3) is 0.727. The number of anilines is 1. The molecule has 5 heteroatoms. The van der Waals surface area contributed by atoms with Crippen LogP contribution in [0, 0.1) is 5.41 Å². The molecule has 0 aliphatic carbocycles. The number of hydrogen-bond acceptors (Lipinski definition) is 5. The van der Waals surface area contributed by atoms with Crippen LogP contribution in [0.15, 0.2) is 12.7 Å². The van der Waals surface area contributed by atoms with E-state index in [1.54, 1.807) is 0 Å². The number of aliphatic hydroxyl groups excluding tert-OH is 1. The molecule has 0 radical (unpaired) electrons. The van der Waals surface area contributed by atoms with E-state index in [4.69, 9.17) is 0 Å². The smallest absolute Gasteiger partial charge is 0.226 e. The summed E-state index contributed by atoms with van der Waals surface area (Å²) >= 11 is 0. The molecule has 2 N–H and O–H groups in total. The van der Waals surface area contributed by atoms with E-state index < -0.39 is 11.6 Å². The number of rotatable bonds is 3. The zero-order chi connectivity index (χ0) is 12.4. The summed E-state index contributed by atoms with van der Waals surface area (Å²) in [5.74, 6) is 0.475. The SMILES string of the molecule is CC(C)(C)C(O)C(C)(C)Nc1ncncn1. The number of aliphatic hydroxyl groups is 1. The first-order valence-electron chi connectivity index (χ1n) is 5.32. The van der Waals surface area contributed by atoms with E-state index >= 15 is 0 Å². The highest BCUT2D eigenvalue weighted by Gasteiger charge is 2.37. The minimum atomic E-state index is -0.517. The van der Waals surface area contributed by atoms with E-state index in [0.717, 1.165) is 0 Å². The highest BCUT2D eigenvalue weighted by molar-refractivity contribution is 5.27. The van der Waals surface area contributed by atoms with Gasteiger partial charge in [-0.1, -0.05) is 20.8 Å². The lowest BCUT2D eigenvalue weighted by atomic mass is 9.78. The summed E-state index contributed by atoms with van der Waals surface area (Å²) in [7, 11) is 0. The molecule has 1 aromatic heterocycles. The minimum Gasteiger partial charge on any atom is -0.390 e. The van der Waals surface area contributed by atoms with Crippen molar-refractivity contribution in [3.8, 4) is 0 Å². The number of nitrogens with zero attached hydrogens (tertiary/aromatic N) is 3. The van der Waals surface area contributed by atoms with Crippen LogP contribution < -0.4 is 5.32 Å². The van der Waals surface area contributed by atoms with Crippen molar-refractivity contribution in [2.45, 2.75) is 46.3 Å². The molecule has 1 unspecified atom stereocenters. The van der Waals surface area contributed by atoms with Gasteiger partial charge in [0.15, 0.2) is 0 Å². The number of nitrogens with one attached hydrogen (secondary N) is 1. The predicted octanol–water partition coefficient (Wildman–Crippen LogP) is 1.47. The van der Waals surface area contributed by atoms with Gasteiger partial charge >= 0.3 is 0 Å². The summed E-state index contributed by atoms with van der Waals surface area (Å²) in [6.45, 7) is 9.83. The van der Waals surface area contributed by atoms with Crippen LogP contribution in [-0.4, -0.2) is 31.7 Å². The minimum absolute atomic E-state index is 0.205. The first kappa shape index (κ1) is 12.8. The lowest BCUT2D eigenvalue weighted by molar-refractivity contribution is 0.0172. The average Bonchev–Trinajstić information content (AvgIpc) is 2.16. The first-order valence-corrected chi connectivity index (χ1v) is 5.32. The Kier molecular flexibility index (Phi) is 3.48. The topological polar surface area (TPSA) is 70.9 Å². The molecule has 0 aliphatic heterocycles. The Balaban J connectivity index is 2.80. The molecule has 0 saturated heterocycles. The van der Waals surface area contributed by atoms with E-state index in [1.165, 1.54) is 12.7 Å². The third-order valence-corrected chi connectivity index (χ3v) is 2.43. The molecule has 5 nitrogen and oxygen atoms in total. The molecule has 90 valence electrons. The van der Waals surface area contributed by atoms with Crippen molar-refractivity contribution in [2.75, 3.05) is 5.32 Å². The van der Waals surface area contributed by atoms with Crippen LogP contribution in [0.5, 0.6) is 0 Å². The Hall–Kier alpha value is -1.23. The van der Waals surface area contributed by atoms with Crippen LogP contribution in [0.2, 0.25) is 0 Å². The van der Waals surface area contributed by atoms with Crippen molar-refractivity contribution in [2.24, 2.45) is 5.41 Å². The van der Waals surface area contributed by atoms with E-state index in [-0.39, 0.29) is 5.41 Å². The molecule has 1 rings (SSSR count). The van der Waals surface area contributed by atoms with Gasteiger partial charge in [-0.05, 0) is 19.3 Å². The average molecular weight is 224 g/mol. The van der Waals surface area contributed by atoms with Crippen LogP contribution in [-0.2, 0) is 0 Å². The molecular formula is C11H20N4O. The molecule has 0 aromatic carbocycles. The molecule has 0 saturated carbocycles. The van der Waals surface area contributed by atoms with Crippen molar-refractivity contribution in [1.82, 2.24) is 15.0 Å². The van der Waals surface area contributed by atoms with Gasteiger partial charge < -0.3 is 10.4 Å². The second-order valence-corrected chi connectivity index (χ2v) is 5.58. The van der Waals surface area contributed by atoms with Gasteiger partial charge in [-0.3, -0.25) is 0 Å². The summed E-state index contributed by atoms with van der Waals surface area (Å²) in [6, 6.07) is 0. The maximum absolute atomic E-state index is 10.2. The quantitative estimate of drug-likeness (QED) is 0.813. The summed E-state index contributed by atoms with van der Waals surface area (Å²) in [6.07, 6.45) is 2.33. The van der Waals surface area contributed by atoms with Crippen molar-refractivity contribution < 1.29 is 5.11 Å². The van der Waals surface area contributed by atoms with E-state index in [0.29, 0.717) is 5.95 Å². The fourth-order valence-electron chi connectivity index (χ4n) is 1.74. The van der Waals surface area contributed by atoms with Crippen LogP contribution >= 0.6 is 0 Å². The van der Waals surface area contributed by atoms with Crippen molar-refractivity contribution in [3.05, 3.63) is 12.7 Å². The van der Waals surface area contributed by atoms with Crippen LogP contribution in [0.25, 0.3) is 0 Å². The van der Waals surface area contributed by atoms with Gasteiger partial charge in [0, 0.05) is 0 Å². The second-order valence-electron chi connectivity index (χ2n) is 5.58. The largest absolute Gasteiger partial charge is 0.390 e. The molecule has 0 aliphatic rings. The summed E-state index contributed by atoms with van der Waals surface area (Å²) < 4.78 is 0. The third-order valence-electron chi connectivity index (χ3n) is 2.43. The third kappa shape index (κ3) is 3.13. The summed E-state index contributed by atoms with van der Waals surface area (Å²) in [4.78, 5) is 11.7. The van der Waals surface area contributed by atoms with E-state index in [9.17, 15) is 5.11 Å². The number of aromatic nitrogens is 3. The Bertz CT molecular complexity index is 332. The van der Waals surface area contributed by atoms with Gasteiger partial charge in [-0.2, -0.15) is 0 Å². The standard InChI is InChI=1S/C11H20N4O/c1-10(2,3)8(16)11(4,5)15-9-13-6-12-7-14-9/h6-8,16H,1-5H3,(H,12,13,14,15). The van der Waals surface area contributed by atoms with Crippen LogP contribution in [0.3, 0.4) is 0 Å². The predicted molar refractivity (Wildman–Crippen MR) is 63.0 cm³/mol. The van der Waals surface area contributed by atoms with Crippen molar-refractivity contribution in [3.63, 3.8) is 0 Å². The Morgan fingerprint density at radius 1 is 1.12 bits per heavy atom. The summed E-state index contributed by atoms with van der Waals surface area (Å²) in [5.41, 5.74) is -0.705. The lowest BCUT2D eigenvalue weighted by Gasteiger charge is -2.39. The molecular weight excluding hydrogens is 204 g/mol. The Morgan fingerprint density at radius 3 is 2.06 bits per heavy atom. The maximum Gasteiger partial charge on any atom is 0.226 e. The second kappa shape index (κ2) is 4.33.